The summed E-state index contributed by atoms with van der Waals surface area (Å²) in [5.41, 5.74) is 3.12. The number of hydrogen-bond acceptors (Lipinski definition) is 5. The van der Waals surface area contributed by atoms with Crippen molar-refractivity contribution in [2.24, 2.45) is 0 Å². The fraction of sp³-hybridized carbons (Fsp3) is 0.417. The maximum absolute atomic E-state index is 12.9. The Morgan fingerprint density at radius 3 is 2.32 bits per heavy atom. The molecule has 0 bridgehead atoms. The third-order valence-corrected chi connectivity index (χ3v) is 5.99. The standard InChI is InChI=1S/C24H31N5OS/c1-16(2)20-11-7-8-12-21(20)29-23(19-10-9-13-25-14-19)26-27-24(29)31-15-22(30)28(17(3)4)18(5)6/h7-14,16-18H,15H2,1-6H3. The van der Waals surface area contributed by atoms with Gasteiger partial charge < -0.3 is 4.90 Å². The molecule has 3 aromatic rings. The summed E-state index contributed by atoms with van der Waals surface area (Å²) in [6.45, 7) is 12.5. The van der Waals surface area contributed by atoms with E-state index in [4.69, 9.17) is 0 Å². The van der Waals surface area contributed by atoms with E-state index < -0.39 is 0 Å². The van der Waals surface area contributed by atoms with Gasteiger partial charge in [0.05, 0.1) is 11.4 Å². The molecule has 0 spiro atoms. The van der Waals surface area contributed by atoms with Crippen LogP contribution in [0.3, 0.4) is 0 Å². The van der Waals surface area contributed by atoms with Gasteiger partial charge in [-0.1, -0.05) is 43.8 Å². The summed E-state index contributed by atoms with van der Waals surface area (Å²) in [5, 5.41) is 9.65. The van der Waals surface area contributed by atoms with E-state index in [9.17, 15) is 4.79 Å². The molecule has 0 unspecified atom stereocenters. The number of nitrogens with zero attached hydrogens (tertiary/aromatic N) is 5. The molecule has 0 atom stereocenters. The van der Waals surface area contributed by atoms with E-state index in [2.05, 4.69) is 45.7 Å². The van der Waals surface area contributed by atoms with Crippen LogP contribution in [-0.4, -0.2) is 48.4 Å². The summed E-state index contributed by atoms with van der Waals surface area (Å²) in [4.78, 5) is 19.1. The Morgan fingerprint density at radius 1 is 1.00 bits per heavy atom. The van der Waals surface area contributed by atoms with Crippen LogP contribution in [-0.2, 0) is 4.79 Å². The zero-order valence-electron chi connectivity index (χ0n) is 19.1. The van der Waals surface area contributed by atoms with Crippen molar-refractivity contribution in [1.82, 2.24) is 24.6 Å². The summed E-state index contributed by atoms with van der Waals surface area (Å²) >= 11 is 1.43. The Bertz CT molecular complexity index is 1010. The number of carbonyl (C=O) groups is 1. The smallest absolute Gasteiger partial charge is 0.233 e. The molecule has 2 heterocycles. The lowest BCUT2D eigenvalue weighted by atomic mass is 10.0. The van der Waals surface area contributed by atoms with E-state index in [1.54, 1.807) is 12.4 Å². The van der Waals surface area contributed by atoms with Crippen LogP contribution in [0, 0.1) is 0 Å². The number of amides is 1. The fourth-order valence-corrected chi connectivity index (χ4v) is 4.63. The summed E-state index contributed by atoms with van der Waals surface area (Å²) in [6.07, 6.45) is 3.53. The third-order valence-electron chi connectivity index (χ3n) is 5.08. The lowest BCUT2D eigenvalue weighted by molar-refractivity contribution is -0.131. The highest BCUT2D eigenvalue weighted by atomic mass is 32.2. The van der Waals surface area contributed by atoms with Crippen molar-refractivity contribution in [2.45, 2.75) is 64.7 Å². The molecule has 0 N–H and O–H groups in total. The molecule has 1 amide bonds. The minimum Gasteiger partial charge on any atom is -0.337 e. The van der Waals surface area contributed by atoms with E-state index in [0.717, 1.165) is 17.1 Å². The van der Waals surface area contributed by atoms with Crippen LogP contribution in [0.2, 0.25) is 0 Å². The number of para-hydroxylation sites is 1. The van der Waals surface area contributed by atoms with Crippen molar-refractivity contribution in [3.63, 3.8) is 0 Å². The van der Waals surface area contributed by atoms with Crippen LogP contribution < -0.4 is 0 Å². The van der Waals surface area contributed by atoms with Gasteiger partial charge in [-0.15, -0.1) is 10.2 Å². The molecule has 31 heavy (non-hydrogen) atoms. The van der Waals surface area contributed by atoms with E-state index in [-0.39, 0.29) is 18.0 Å². The van der Waals surface area contributed by atoms with Gasteiger partial charge in [0.15, 0.2) is 11.0 Å². The normalized spacial score (nSPS) is 11.5. The first-order chi connectivity index (χ1) is 14.8. The predicted octanol–water partition coefficient (Wildman–Crippen LogP) is 5.19. The van der Waals surface area contributed by atoms with Crippen LogP contribution in [0.25, 0.3) is 17.1 Å². The maximum atomic E-state index is 12.9. The first-order valence-electron chi connectivity index (χ1n) is 10.7. The Hall–Kier alpha value is -2.67. The summed E-state index contributed by atoms with van der Waals surface area (Å²) in [6, 6.07) is 12.5. The molecule has 0 aliphatic rings. The average Bonchev–Trinajstić information content (AvgIpc) is 3.16. The van der Waals surface area contributed by atoms with Crippen LogP contribution in [0.1, 0.15) is 53.0 Å². The minimum absolute atomic E-state index is 0.102. The molecule has 164 valence electrons. The van der Waals surface area contributed by atoms with Crippen molar-refractivity contribution in [2.75, 3.05) is 5.75 Å². The Morgan fingerprint density at radius 2 is 1.71 bits per heavy atom. The molecule has 0 fully saturated rings. The van der Waals surface area contributed by atoms with Gasteiger partial charge in [-0.2, -0.15) is 0 Å². The maximum Gasteiger partial charge on any atom is 0.233 e. The molecule has 6 nitrogen and oxygen atoms in total. The largest absolute Gasteiger partial charge is 0.337 e. The quantitative estimate of drug-likeness (QED) is 0.454. The molecule has 7 heteroatoms. The first kappa shape index (κ1) is 23.0. The topological polar surface area (TPSA) is 63.9 Å². The number of rotatable bonds is 8. The van der Waals surface area contributed by atoms with Crippen LogP contribution in [0.5, 0.6) is 0 Å². The van der Waals surface area contributed by atoms with Crippen molar-refractivity contribution in [3.8, 4) is 17.1 Å². The fourth-order valence-electron chi connectivity index (χ4n) is 3.82. The van der Waals surface area contributed by atoms with Crippen LogP contribution in [0.15, 0.2) is 53.9 Å². The lowest BCUT2D eigenvalue weighted by Crippen LogP contribution is -2.43. The van der Waals surface area contributed by atoms with Crippen molar-refractivity contribution in [3.05, 3.63) is 54.4 Å². The molecule has 3 rings (SSSR count). The number of aromatic nitrogens is 4. The third kappa shape index (κ3) is 5.15. The second kappa shape index (κ2) is 10.1. The number of benzene rings is 1. The minimum atomic E-state index is 0.102. The van der Waals surface area contributed by atoms with E-state index in [0.29, 0.717) is 16.8 Å². The van der Waals surface area contributed by atoms with Crippen molar-refractivity contribution < 1.29 is 4.79 Å². The second-order valence-electron chi connectivity index (χ2n) is 8.37. The predicted molar refractivity (Wildman–Crippen MR) is 127 cm³/mol. The zero-order chi connectivity index (χ0) is 22.5. The highest BCUT2D eigenvalue weighted by Crippen LogP contribution is 2.32. The van der Waals surface area contributed by atoms with E-state index in [1.807, 2.05) is 56.9 Å². The van der Waals surface area contributed by atoms with Gasteiger partial charge in [0.1, 0.15) is 0 Å². The van der Waals surface area contributed by atoms with Gasteiger partial charge in [-0.05, 0) is 57.4 Å². The molecule has 0 saturated heterocycles. The van der Waals surface area contributed by atoms with Crippen LogP contribution >= 0.6 is 11.8 Å². The number of hydrogen-bond donors (Lipinski definition) is 0. The number of pyridine rings is 1. The van der Waals surface area contributed by atoms with Gasteiger partial charge in [0.2, 0.25) is 5.91 Å². The Balaban J connectivity index is 2.03. The average molecular weight is 438 g/mol. The van der Waals surface area contributed by atoms with Gasteiger partial charge in [0, 0.05) is 30.0 Å². The SMILES string of the molecule is CC(C)c1ccccc1-n1c(SCC(=O)N(C(C)C)C(C)C)nnc1-c1cccnc1. The van der Waals surface area contributed by atoms with Crippen molar-refractivity contribution >= 4 is 17.7 Å². The summed E-state index contributed by atoms with van der Waals surface area (Å²) < 4.78 is 2.05. The van der Waals surface area contributed by atoms with E-state index in [1.165, 1.54) is 17.3 Å². The van der Waals surface area contributed by atoms with E-state index >= 15 is 0 Å². The summed E-state index contributed by atoms with van der Waals surface area (Å²) in [7, 11) is 0. The Labute approximate surface area is 189 Å². The first-order valence-corrected chi connectivity index (χ1v) is 11.7. The molecule has 0 aliphatic heterocycles. The number of carbonyl (C=O) groups excluding carboxylic acids is 1. The van der Waals surface area contributed by atoms with Crippen molar-refractivity contribution in [1.29, 1.82) is 0 Å². The summed E-state index contributed by atoms with van der Waals surface area (Å²) in [5.74, 6) is 1.47. The van der Waals surface area contributed by atoms with Gasteiger partial charge in [-0.25, -0.2) is 0 Å². The van der Waals surface area contributed by atoms with Gasteiger partial charge in [0.25, 0.3) is 0 Å². The molecule has 1 aromatic carbocycles. The molecule has 0 radical (unpaired) electrons. The molecule has 2 aromatic heterocycles. The highest BCUT2D eigenvalue weighted by Gasteiger charge is 2.23. The number of thioether (sulfide) groups is 1. The molecular formula is C24H31N5OS. The molecule has 0 saturated carbocycles. The van der Waals surface area contributed by atoms with Gasteiger partial charge >= 0.3 is 0 Å². The second-order valence-corrected chi connectivity index (χ2v) is 9.32. The molecule has 0 aliphatic carbocycles. The highest BCUT2D eigenvalue weighted by molar-refractivity contribution is 7.99. The lowest BCUT2D eigenvalue weighted by Gasteiger charge is -2.30. The zero-order valence-corrected chi connectivity index (χ0v) is 19.9. The van der Waals surface area contributed by atoms with Gasteiger partial charge in [-0.3, -0.25) is 14.3 Å². The monoisotopic (exact) mass is 437 g/mol. The van der Waals surface area contributed by atoms with Crippen LogP contribution in [0.4, 0.5) is 0 Å². The Kier molecular flexibility index (Phi) is 7.49. The molecular weight excluding hydrogens is 406 g/mol.